The highest BCUT2D eigenvalue weighted by molar-refractivity contribution is 9.11. The fourth-order valence-corrected chi connectivity index (χ4v) is 11.3. The molecule has 0 aliphatic carbocycles. The first-order valence-corrected chi connectivity index (χ1v) is 26.1. The minimum atomic E-state index is -0.275. The Balaban J connectivity index is 0.000000160. The second kappa shape index (κ2) is 24.5. The minimum Gasteiger partial charge on any atom is -0.495 e. The normalized spacial score (nSPS) is 10.6. The van der Waals surface area contributed by atoms with E-state index >= 15 is 0 Å². The van der Waals surface area contributed by atoms with Crippen molar-refractivity contribution < 1.29 is 23.9 Å². The van der Waals surface area contributed by atoms with Crippen LogP contribution in [-0.2, 0) is 0 Å². The van der Waals surface area contributed by atoms with Crippen LogP contribution in [0.4, 0.5) is 29.8 Å². The number of carbonyl (C=O) groups is 3. The van der Waals surface area contributed by atoms with E-state index in [9.17, 15) is 14.4 Å². The van der Waals surface area contributed by atoms with Gasteiger partial charge in [-0.05, 0) is 124 Å². The van der Waals surface area contributed by atoms with Gasteiger partial charge in [0.25, 0.3) is 0 Å². The molecule has 9 rings (SSSR count). The molecule has 0 saturated carbocycles. The molecule has 0 atom stereocenters. The molecule has 0 spiro atoms. The van der Waals surface area contributed by atoms with Gasteiger partial charge in [-0.15, -0.1) is 0 Å². The topological polar surface area (TPSA) is 219 Å². The van der Waals surface area contributed by atoms with Crippen LogP contribution in [0.5, 0.6) is 11.5 Å². The summed E-state index contributed by atoms with van der Waals surface area (Å²) in [5.74, 6) is 1.37. The zero-order valence-corrected chi connectivity index (χ0v) is 45.1. The second-order valence-corrected chi connectivity index (χ2v) is 20.0. The summed E-state index contributed by atoms with van der Waals surface area (Å²) in [4.78, 5) is 61.3. The molecular formula is C47H43Br3N12O5S3. The largest absolute Gasteiger partial charge is 0.495 e. The number of thiazole rings is 3. The van der Waals surface area contributed by atoms with Crippen molar-refractivity contribution in [2.45, 2.75) is 20.8 Å². The van der Waals surface area contributed by atoms with Gasteiger partial charge in [-0.3, -0.25) is 30.9 Å². The van der Waals surface area contributed by atoms with Gasteiger partial charge >= 0.3 is 18.1 Å². The summed E-state index contributed by atoms with van der Waals surface area (Å²) in [5.41, 5.74) is 7.98. The number of rotatable bonds is 11. The summed E-state index contributed by atoms with van der Waals surface area (Å²) < 4.78 is 16.3. The summed E-state index contributed by atoms with van der Waals surface area (Å²) in [6.07, 6.45) is 8.64. The highest BCUT2D eigenvalue weighted by atomic mass is 79.9. The van der Waals surface area contributed by atoms with Crippen LogP contribution in [0.3, 0.4) is 0 Å². The van der Waals surface area contributed by atoms with E-state index in [4.69, 9.17) is 9.47 Å². The van der Waals surface area contributed by atoms with Crippen molar-refractivity contribution in [3.05, 3.63) is 111 Å². The lowest BCUT2D eigenvalue weighted by atomic mass is 10.0. The summed E-state index contributed by atoms with van der Waals surface area (Å²) >= 11 is 14.7. The predicted molar refractivity (Wildman–Crippen MR) is 293 cm³/mol. The maximum atomic E-state index is 11.9. The van der Waals surface area contributed by atoms with Crippen molar-refractivity contribution in [2.24, 2.45) is 0 Å². The van der Waals surface area contributed by atoms with E-state index in [1.54, 1.807) is 45.2 Å². The zero-order chi connectivity index (χ0) is 49.7. The molecule has 70 heavy (non-hydrogen) atoms. The minimum absolute atomic E-state index is 0.234. The molecule has 0 aliphatic rings. The van der Waals surface area contributed by atoms with Crippen LogP contribution in [0, 0.1) is 0 Å². The van der Waals surface area contributed by atoms with Gasteiger partial charge in [0.2, 0.25) is 0 Å². The molecule has 0 fully saturated rings. The molecule has 6 heterocycles. The Bertz CT molecular complexity index is 3300. The fraction of sp³-hybridized carbons (Fsp3) is 0.170. The number of hydrogen-bond acceptors (Lipinski definition) is 14. The number of halogens is 3. The number of carbonyl (C=O) groups excluding carboxylic acids is 3. The number of nitrogens with one attached hydrogen (secondary N) is 6. The number of methoxy groups -OCH3 is 2. The number of urea groups is 3. The van der Waals surface area contributed by atoms with Gasteiger partial charge in [0.15, 0.2) is 15.4 Å². The van der Waals surface area contributed by atoms with Gasteiger partial charge in [0.05, 0.1) is 63.0 Å². The van der Waals surface area contributed by atoms with Gasteiger partial charge < -0.3 is 25.4 Å². The molecule has 0 unspecified atom stereocenters. The van der Waals surface area contributed by atoms with Crippen LogP contribution >= 0.6 is 81.8 Å². The van der Waals surface area contributed by atoms with Crippen molar-refractivity contribution in [3.8, 4) is 45.0 Å². The molecule has 360 valence electrons. The molecule has 6 N–H and O–H groups in total. The Morgan fingerprint density at radius 2 is 1.00 bits per heavy atom. The zero-order valence-electron chi connectivity index (χ0n) is 37.9. The summed E-state index contributed by atoms with van der Waals surface area (Å²) in [5, 5.41) is 18.0. The molecule has 17 nitrogen and oxygen atoms in total. The SMILES string of the molecule is CCNC(=O)Nc1nc2cc(-c3cncc(OC)c3)cc(-c3ccccn3)c2s1.CCNC(=O)Nc1nc2cc(-c3cncc(OC)c3)cc(Br)c2s1.CCNC(=O)Nc1nc2cc(Br)cc(Br)c2s1. The third kappa shape index (κ3) is 13.3. The molecule has 0 saturated heterocycles. The summed E-state index contributed by atoms with van der Waals surface area (Å²) in [6, 6.07) is 20.8. The quantitative estimate of drug-likeness (QED) is 0.0715. The first-order valence-electron chi connectivity index (χ1n) is 21.2. The predicted octanol–water partition coefficient (Wildman–Crippen LogP) is 12.8. The number of ether oxygens (including phenoxy) is 2. The van der Waals surface area contributed by atoms with Crippen LogP contribution in [-0.4, -0.2) is 81.9 Å². The fourth-order valence-electron chi connectivity index (χ4n) is 6.47. The molecule has 0 bridgehead atoms. The van der Waals surface area contributed by atoms with Crippen LogP contribution in [0.15, 0.2) is 111 Å². The number of aromatic nitrogens is 6. The number of amides is 6. The van der Waals surface area contributed by atoms with Crippen LogP contribution in [0.1, 0.15) is 20.8 Å². The van der Waals surface area contributed by atoms with Crippen molar-refractivity contribution in [1.29, 1.82) is 0 Å². The first-order chi connectivity index (χ1) is 33.9. The number of nitrogens with zero attached hydrogens (tertiary/aromatic N) is 6. The number of anilines is 3. The van der Waals surface area contributed by atoms with Gasteiger partial charge in [-0.25, -0.2) is 29.3 Å². The molecule has 6 amide bonds. The lowest BCUT2D eigenvalue weighted by Crippen LogP contribution is -2.28. The average molecular weight is 1190 g/mol. The van der Waals surface area contributed by atoms with Crippen molar-refractivity contribution in [3.63, 3.8) is 0 Å². The van der Waals surface area contributed by atoms with Gasteiger partial charge in [0.1, 0.15) is 11.5 Å². The molecule has 9 aromatic rings. The van der Waals surface area contributed by atoms with E-state index in [-0.39, 0.29) is 18.1 Å². The van der Waals surface area contributed by atoms with Crippen molar-refractivity contribution >= 4 is 146 Å². The molecule has 6 aromatic heterocycles. The Morgan fingerprint density at radius 3 is 1.47 bits per heavy atom. The monoisotopic (exact) mass is 1190 g/mol. The second-order valence-electron chi connectivity index (χ2n) is 14.4. The maximum absolute atomic E-state index is 11.9. The summed E-state index contributed by atoms with van der Waals surface area (Å²) in [7, 11) is 3.22. The van der Waals surface area contributed by atoms with E-state index < -0.39 is 0 Å². The van der Waals surface area contributed by atoms with Gasteiger partial charge in [-0.2, -0.15) is 0 Å². The Labute approximate surface area is 439 Å². The molecule has 0 radical (unpaired) electrons. The molecule has 23 heteroatoms. The molecule has 3 aromatic carbocycles. The van der Waals surface area contributed by atoms with E-state index in [2.05, 4.69) is 116 Å². The van der Waals surface area contributed by atoms with Crippen LogP contribution in [0.2, 0.25) is 0 Å². The third-order valence-corrected chi connectivity index (χ3v) is 14.8. The smallest absolute Gasteiger partial charge is 0.321 e. The average Bonchev–Trinajstić information content (AvgIpc) is 4.08. The highest BCUT2D eigenvalue weighted by Crippen LogP contribution is 2.40. The van der Waals surface area contributed by atoms with E-state index in [1.165, 1.54) is 34.0 Å². The lowest BCUT2D eigenvalue weighted by Gasteiger charge is -2.08. The highest BCUT2D eigenvalue weighted by Gasteiger charge is 2.17. The van der Waals surface area contributed by atoms with Gasteiger partial charge in [0, 0.05) is 68.3 Å². The number of pyridine rings is 3. The number of fused-ring (bicyclic) bond motifs is 3. The van der Waals surface area contributed by atoms with E-state index in [1.807, 2.05) is 81.4 Å². The maximum Gasteiger partial charge on any atom is 0.321 e. The number of benzene rings is 3. The third-order valence-electron chi connectivity index (χ3n) is 9.52. The standard InChI is InChI=1S/C21H19N5O2S.C16H15BrN4O2S.C10H9Br2N3OS/c1-3-23-20(27)26-21-25-18-10-13(14-8-15(28-2)12-22-11-14)9-16(19(18)29-21)17-6-4-5-7-24-17;1-3-19-15(22)21-16-20-13-6-9(5-12(17)14(13)24-16)10-4-11(23-2)8-18-7-10;1-2-13-9(16)15-10-14-7-4-5(11)3-6(12)8(7)17-10/h4-12H,3H2,1-2H3,(H2,23,25,26,27);4-8H,3H2,1-2H3,(H2,19,20,21,22);3-4H,2H2,1H3,(H2,13,14,15,16). The van der Waals surface area contributed by atoms with Crippen molar-refractivity contribution in [1.82, 2.24) is 45.9 Å². The molecule has 0 aliphatic heterocycles. The lowest BCUT2D eigenvalue weighted by molar-refractivity contribution is 0.251. The first kappa shape index (κ1) is 51.5. The summed E-state index contributed by atoms with van der Waals surface area (Å²) in [6.45, 7) is 7.29. The van der Waals surface area contributed by atoms with E-state index in [0.29, 0.717) is 46.5 Å². The Morgan fingerprint density at radius 1 is 0.543 bits per heavy atom. The molecular weight excluding hydrogens is 1150 g/mol. The van der Waals surface area contributed by atoms with Crippen LogP contribution in [0.25, 0.3) is 64.2 Å². The van der Waals surface area contributed by atoms with Gasteiger partial charge in [-0.1, -0.05) is 56.0 Å². The van der Waals surface area contributed by atoms with Crippen molar-refractivity contribution in [2.75, 3.05) is 49.8 Å². The van der Waals surface area contributed by atoms with Crippen LogP contribution < -0.4 is 41.4 Å². The number of hydrogen-bond donors (Lipinski definition) is 6. The van der Waals surface area contributed by atoms with E-state index in [0.717, 1.165) is 77.6 Å². The Kier molecular flexibility index (Phi) is 18.0. The Hall–Kier alpha value is -6.37.